The van der Waals surface area contributed by atoms with E-state index in [-0.39, 0.29) is 6.61 Å². The third-order valence-electron chi connectivity index (χ3n) is 4.94. The molecule has 10 atom stereocenters. The lowest BCUT2D eigenvalue weighted by atomic mass is 9.97. The van der Waals surface area contributed by atoms with E-state index in [1.165, 1.54) is 7.11 Å². The van der Waals surface area contributed by atoms with Crippen LogP contribution in [0, 0.1) is 0 Å². The molecule has 13 heteroatoms. The zero-order chi connectivity index (χ0) is 19.9. The molecule has 3 aliphatic rings. The van der Waals surface area contributed by atoms with Crippen molar-refractivity contribution >= 4 is 10.4 Å². The van der Waals surface area contributed by atoms with Gasteiger partial charge in [0.25, 0.3) is 0 Å². The maximum atomic E-state index is 11.1. The lowest BCUT2D eigenvalue weighted by Gasteiger charge is -2.45. The standard InChI is InChI=1S/C14H24O12S/c1-5-8(16)13-10(7(23-5)4-22-13)25-14-9(17)12(21-2)11(6(3-15)24-14)26-27(18,19)20/h5-17H,3-4H2,1-2H3,(H,18,19,20)/t5-,6?,7+,8?,9?,10+,11+,12+,13?,14+/m1/s1. The highest BCUT2D eigenvalue weighted by Crippen LogP contribution is 2.35. The fourth-order valence-corrected chi connectivity index (χ4v) is 4.16. The zero-order valence-corrected chi connectivity index (χ0v) is 15.5. The molecule has 0 aromatic carbocycles. The molecule has 4 unspecified atom stereocenters. The largest absolute Gasteiger partial charge is 0.397 e. The van der Waals surface area contributed by atoms with E-state index in [0.29, 0.717) is 0 Å². The van der Waals surface area contributed by atoms with E-state index in [4.69, 9.17) is 28.2 Å². The molecule has 0 aliphatic carbocycles. The van der Waals surface area contributed by atoms with Gasteiger partial charge in [-0.3, -0.25) is 4.55 Å². The lowest BCUT2D eigenvalue weighted by molar-refractivity contribution is -0.327. The van der Waals surface area contributed by atoms with E-state index < -0.39 is 78.2 Å². The van der Waals surface area contributed by atoms with Gasteiger partial charge in [0.2, 0.25) is 0 Å². The van der Waals surface area contributed by atoms with Crippen LogP contribution in [0.3, 0.4) is 0 Å². The Morgan fingerprint density at radius 3 is 2.41 bits per heavy atom. The first-order valence-corrected chi connectivity index (χ1v) is 9.76. The van der Waals surface area contributed by atoms with Gasteiger partial charge in [-0.25, -0.2) is 4.18 Å². The van der Waals surface area contributed by atoms with Crippen LogP contribution in [-0.4, -0.2) is 110 Å². The minimum atomic E-state index is -4.89. The minimum Gasteiger partial charge on any atom is -0.394 e. The van der Waals surface area contributed by atoms with Crippen molar-refractivity contribution in [3.8, 4) is 0 Å². The average Bonchev–Trinajstić information content (AvgIpc) is 2.90. The monoisotopic (exact) mass is 416 g/mol. The fourth-order valence-electron chi connectivity index (χ4n) is 3.64. The molecular weight excluding hydrogens is 392 g/mol. The van der Waals surface area contributed by atoms with Gasteiger partial charge in [0.15, 0.2) is 6.29 Å². The summed E-state index contributed by atoms with van der Waals surface area (Å²) in [6, 6.07) is 0. The number of aliphatic hydroxyl groups is 3. The molecule has 0 aromatic heterocycles. The molecule has 12 nitrogen and oxygen atoms in total. The van der Waals surface area contributed by atoms with E-state index in [1.54, 1.807) is 6.92 Å². The summed E-state index contributed by atoms with van der Waals surface area (Å²) in [5.74, 6) is 0. The molecule has 27 heavy (non-hydrogen) atoms. The first kappa shape index (κ1) is 21.3. The van der Waals surface area contributed by atoms with Crippen molar-refractivity contribution < 1.29 is 56.2 Å². The smallest absolute Gasteiger partial charge is 0.394 e. The number of ether oxygens (including phenoxy) is 5. The molecule has 4 N–H and O–H groups in total. The minimum absolute atomic E-state index is 0.186. The van der Waals surface area contributed by atoms with Gasteiger partial charge in [0.05, 0.1) is 19.3 Å². The van der Waals surface area contributed by atoms with Gasteiger partial charge < -0.3 is 39.0 Å². The second kappa shape index (κ2) is 8.12. The summed E-state index contributed by atoms with van der Waals surface area (Å²) >= 11 is 0. The van der Waals surface area contributed by atoms with Crippen molar-refractivity contribution in [3.63, 3.8) is 0 Å². The summed E-state index contributed by atoms with van der Waals surface area (Å²) in [4.78, 5) is 0. The highest BCUT2D eigenvalue weighted by atomic mass is 32.3. The maximum Gasteiger partial charge on any atom is 0.397 e. The molecule has 3 saturated heterocycles. The van der Waals surface area contributed by atoms with Gasteiger partial charge >= 0.3 is 10.4 Å². The van der Waals surface area contributed by atoms with Crippen LogP contribution in [0.15, 0.2) is 0 Å². The summed E-state index contributed by atoms with van der Waals surface area (Å²) in [7, 11) is -3.71. The Hall–Kier alpha value is -0.450. The van der Waals surface area contributed by atoms with Gasteiger partial charge in [-0.2, -0.15) is 8.42 Å². The van der Waals surface area contributed by atoms with E-state index in [2.05, 4.69) is 4.18 Å². The van der Waals surface area contributed by atoms with Gasteiger partial charge in [-0.05, 0) is 6.92 Å². The molecule has 0 radical (unpaired) electrons. The van der Waals surface area contributed by atoms with E-state index in [0.717, 1.165) is 0 Å². The van der Waals surface area contributed by atoms with Crippen LogP contribution in [0.1, 0.15) is 6.92 Å². The Bertz CT molecular complexity index is 613. The van der Waals surface area contributed by atoms with Gasteiger partial charge in [-0.15, -0.1) is 0 Å². The van der Waals surface area contributed by atoms with Crippen LogP contribution in [0.25, 0.3) is 0 Å². The molecule has 3 fully saturated rings. The van der Waals surface area contributed by atoms with Crippen LogP contribution >= 0.6 is 0 Å². The first-order chi connectivity index (χ1) is 12.7. The number of aliphatic hydroxyl groups excluding tert-OH is 3. The Kier molecular flexibility index (Phi) is 6.39. The molecule has 2 bridgehead atoms. The van der Waals surface area contributed by atoms with Crippen molar-refractivity contribution in [3.05, 3.63) is 0 Å². The van der Waals surface area contributed by atoms with Crippen molar-refractivity contribution in [2.45, 2.75) is 68.1 Å². The number of fused-ring (bicyclic) bond motifs is 2. The molecule has 0 saturated carbocycles. The second-order valence-electron chi connectivity index (χ2n) is 6.67. The number of hydrogen-bond donors (Lipinski definition) is 4. The molecule has 158 valence electrons. The summed E-state index contributed by atoms with van der Waals surface area (Å²) < 4.78 is 62.9. The topological polar surface area (TPSA) is 170 Å². The highest BCUT2D eigenvalue weighted by molar-refractivity contribution is 7.80. The molecule has 0 spiro atoms. The first-order valence-electron chi connectivity index (χ1n) is 8.39. The summed E-state index contributed by atoms with van der Waals surface area (Å²) in [5.41, 5.74) is 0. The fraction of sp³-hybridized carbons (Fsp3) is 1.00. The quantitative estimate of drug-likeness (QED) is 0.328. The van der Waals surface area contributed by atoms with E-state index >= 15 is 0 Å². The van der Waals surface area contributed by atoms with Gasteiger partial charge in [0, 0.05) is 7.11 Å². The van der Waals surface area contributed by atoms with Crippen LogP contribution < -0.4 is 0 Å². The molecule has 3 aliphatic heterocycles. The van der Waals surface area contributed by atoms with Gasteiger partial charge in [-0.1, -0.05) is 0 Å². The lowest BCUT2D eigenvalue weighted by Crippen LogP contribution is -2.63. The van der Waals surface area contributed by atoms with Gasteiger partial charge in [0.1, 0.15) is 48.8 Å². The van der Waals surface area contributed by atoms with Crippen molar-refractivity contribution in [1.29, 1.82) is 0 Å². The molecular formula is C14H24O12S. The van der Waals surface area contributed by atoms with Crippen molar-refractivity contribution in [1.82, 2.24) is 0 Å². The number of methoxy groups -OCH3 is 1. The third-order valence-corrected chi connectivity index (χ3v) is 5.41. The third kappa shape index (κ3) is 4.28. The zero-order valence-electron chi connectivity index (χ0n) is 14.7. The van der Waals surface area contributed by atoms with E-state index in [1.807, 2.05) is 0 Å². The average molecular weight is 416 g/mol. The molecule has 0 aromatic rings. The SMILES string of the molecule is CO[C@H]1C(O)[C@H](O[C@@H]2C3OC[C@@H]2O[C@H](C)C3O)OC(CO)[C@@H]1OS(=O)(=O)O. The Morgan fingerprint density at radius 1 is 1.11 bits per heavy atom. The Morgan fingerprint density at radius 2 is 1.81 bits per heavy atom. The predicted octanol–water partition coefficient (Wildman–Crippen LogP) is -2.80. The summed E-state index contributed by atoms with van der Waals surface area (Å²) in [5, 5.41) is 30.2. The predicted molar refractivity (Wildman–Crippen MR) is 83.9 cm³/mol. The number of hydrogen-bond acceptors (Lipinski definition) is 11. The maximum absolute atomic E-state index is 11.1. The van der Waals surface area contributed by atoms with Crippen molar-refractivity contribution in [2.24, 2.45) is 0 Å². The molecule has 3 rings (SSSR count). The van der Waals surface area contributed by atoms with Crippen LogP contribution in [-0.2, 0) is 38.3 Å². The van der Waals surface area contributed by atoms with E-state index in [9.17, 15) is 23.7 Å². The highest BCUT2D eigenvalue weighted by Gasteiger charge is 2.54. The summed E-state index contributed by atoms with van der Waals surface area (Å²) in [6.07, 6.45) is -10.3. The van der Waals surface area contributed by atoms with Crippen LogP contribution in [0.2, 0.25) is 0 Å². The number of rotatable bonds is 6. The normalized spacial score (nSPS) is 47.9. The summed E-state index contributed by atoms with van der Waals surface area (Å²) in [6.45, 7) is 1.18. The molecule has 0 amide bonds. The Balaban J connectivity index is 1.75. The van der Waals surface area contributed by atoms with Crippen molar-refractivity contribution in [2.75, 3.05) is 20.3 Å². The second-order valence-corrected chi connectivity index (χ2v) is 7.72. The Labute approximate surface area is 155 Å². The molecule has 3 heterocycles. The van der Waals surface area contributed by atoms with Crippen LogP contribution in [0.4, 0.5) is 0 Å². The van der Waals surface area contributed by atoms with Crippen LogP contribution in [0.5, 0.6) is 0 Å².